The van der Waals surface area contributed by atoms with Gasteiger partial charge in [0.2, 0.25) is 0 Å². The summed E-state index contributed by atoms with van der Waals surface area (Å²) in [4.78, 5) is 3.13. The lowest BCUT2D eigenvalue weighted by molar-refractivity contribution is 0.166. The van der Waals surface area contributed by atoms with Crippen LogP contribution >= 0.6 is 0 Å². The van der Waals surface area contributed by atoms with E-state index in [0.717, 1.165) is 35.7 Å². The molecule has 17 heavy (non-hydrogen) atoms. The number of aliphatic hydroxyl groups is 1. The Balaban J connectivity index is 2.37. The lowest BCUT2D eigenvalue weighted by atomic mass is 10.0. The highest BCUT2D eigenvalue weighted by Gasteiger charge is 2.12. The molecule has 1 atom stereocenters. The lowest BCUT2D eigenvalue weighted by Crippen LogP contribution is -1.95. The molecule has 0 aliphatic heterocycles. The van der Waals surface area contributed by atoms with Crippen molar-refractivity contribution in [2.75, 3.05) is 0 Å². The molecule has 3 heteroatoms. The molecular formula is C14H16N2O. The predicted molar refractivity (Wildman–Crippen MR) is 67.5 cm³/mol. The van der Waals surface area contributed by atoms with Crippen LogP contribution in [0.15, 0.2) is 24.4 Å². The number of nitriles is 1. The van der Waals surface area contributed by atoms with E-state index in [2.05, 4.69) is 18.0 Å². The van der Waals surface area contributed by atoms with Crippen molar-refractivity contribution in [3.63, 3.8) is 0 Å². The summed E-state index contributed by atoms with van der Waals surface area (Å²) >= 11 is 0. The molecule has 1 aromatic heterocycles. The van der Waals surface area contributed by atoms with Crippen molar-refractivity contribution in [2.45, 2.75) is 32.3 Å². The summed E-state index contributed by atoms with van der Waals surface area (Å²) in [6.45, 7) is 2.11. The Labute approximate surface area is 101 Å². The van der Waals surface area contributed by atoms with Crippen LogP contribution in [0.1, 0.15) is 43.4 Å². The first-order valence-electron chi connectivity index (χ1n) is 5.95. The number of aliphatic hydroxyl groups excluding tert-OH is 1. The molecule has 0 amide bonds. The maximum absolute atomic E-state index is 10.1. The minimum Gasteiger partial charge on any atom is -0.388 e. The van der Waals surface area contributed by atoms with Crippen LogP contribution in [0.4, 0.5) is 0 Å². The maximum Gasteiger partial charge on any atom is 0.0991 e. The Morgan fingerprint density at radius 2 is 2.29 bits per heavy atom. The van der Waals surface area contributed by atoms with Crippen molar-refractivity contribution in [1.82, 2.24) is 4.98 Å². The predicted octanol–water partition coefficient (Wildman–Crippen LogP) is 3.26. The standard InChI is InChI=1S/C14H16N2O/c1-2-3-4-14(17)12-9-16-13-6-5-10(8-15)7-11(12)13/h5-7,9,14,16-17H,2-4H2,1H3. The van der Waals surface area contributed by atoms with Crippen LogP contribution in [0, 0.1) is 11.3 Å². The zero-order chi connectivity index (χ0) is 12.3. The van der Waals surface area contributed by atoms with Crippen LogP contribution in [0.5, 0.6) is 0 Å². The number of rotatable bonds is 4. The van der Waals surface area contributed by atoms with E-state index >= 15 is 0 Å². The van der Waals surface area contributed by atoms with Crippen LogP contribution in [0.2, 0.25) is 0 Å². The third-order valence-corrected chi connectivity index (χ3v) is 3.03. The van der Waals surface area contributed by atoms with Gasteiger partial charge in [0.05, 0.1) is 17.7 Å². The molecule has 0 radical (unpaired) electrons. The average molecular weight is 228 g/mol. The summed E-state index contributed by atoms with van der Waals surface area (Å²) in [5.74, 6) is 0. The number of nitrogens with zero attached hydrogens (tertiary/aromatic N) is 1. The fraction of sp³-hybridized carbons (Fsp3) is 0.357. The van der Waals surface area contributed by atoms with Gasteiger partial charge in [0.25, 0.3) is 0 Å². The van der Waals surface area contributed by atoms with Gasteiger partial charge in [0.1, 0.15) is 0 Å². The van der Waals surface area contributed by atoms with Gasteiger partial charge in [-0.2, -0.15) is 5.26 Å². The molecule has 0 aliphatic rings. The van der Waals surface area contributed by atoms with Gasteiger partial charge < -0.3 is 10.1 Å². The quantitative estimate of drug-likeness (QED) is 0.843. The number of unbranched alkanes of at least 4 members (excludes halogenated alkanes) is 1. The van der Waals surface area contributed by atoms with Crippen LogP contribution < -0.4 is 0 Å². The number of benzene rings is 1. The van der Waals surface area contributed by atoms with Crippen molar-refractivity contribution in [3.8, 4) is 6.07 Å². The van der Waals surface area contributed by atoms with Crippen molar-refractivity contribution in [2.24, 2.45) is 0 Å². The van der Waals surface area contributed by atoms with Crippen LogP contribution in [-0.4, -0.2) is 10.1 Å². The fourth-order valence-electron chi connectivity index (χ4n) is 2.04. The summed E-state index contributed by atoms with van der Waals surface area (Å²) in [6.07, 6.45) is 4.23. The number of hydrogen-bond donors (Lipinski definition) is 2. The third-order valence-electron chi connectivity index (χ3n) is 3.03. The number of nitrogens with one attached hydrogen (secondary N) is 1. The molecule has 1 aromatic carbocycles. The summed E-state index contributed by atoms with van der Waals surface area (Å²) in [5.41, 5.74) is 2.49. The molecule has 0 saturated heterocycles. The highest BCUT2D eigenvalue weighted by atomic mass is 16.3. The zero-order valence-corrected chi connectivity index (χ0v) is 9.90. The molecule has 2 aromatic rings. The molecule has 0 spiro atoms. The molecule has 0 aliphatic carbocycles. The molecule has 1 unspecified atom stereocenters. The van der Waals surface area contributed by atoms with E-state index in [-0.39, 0.29) is 0 Å². The van der Waals surface area contributed by atoms with Gasteiger partial charge in [0, 0.05) is 22.7 Å². The zero-order valence-electron chi connectivity index (χ0n) is 9.90. The van der Waals surface area contributed by atoms with Gasteiger partial charge >= 0.3 is 0 Å². The summed E-state index contributed by atoms with van der Waals surface area (Å²) < 4.78 is 0. The molecule has 0 bridgehead atoms. The fourth-order valence-corrected chi connectivity index (χ4v) is 2.04. The smallest absolute Gasteiger partial charge is 0.0991 e. The Kier molecular flexibility index (Phi) is 3.46. The Bertz CT molecular complexity index is 551. The largest absolute Gasteiger partial charge is 0.388 e. The van der Waals surface area contributed by atoms with E-state index in [1.807, 2.05) is 18.3 Å². The average Bonchev–Trinajstić information content (AvgIpc) is 2.78. The number of H-pyrrole nitrogens is 1. The first-order valence-corrected chi connectivity index (χ1v) is 5.95. The Morgan fingerprint density at radius 3 is 3.00 bits per heavy atom. The molecule has 0 saturated carbocycles. The van der Waals surface area contributed by atoms with Gasteiger partial charge in [-0.05, 0) is 24.6 Å². The second-order valence-electron chi connectivity index (χ2n) is 4.27. The maximum atomic E-state index is 10.1. The number of hydrogen-bond acceptors (Lipinski definition) is 2. The van der Waals surface area contributed by atoms with Crippen molar-refractivity contribution >= 4 is 10.9 Å². The second-order valence-corrected chi connectivity index (χ2v) is 4.27. The number of fused-ring (bicyclic) bond motifs is 1. The molecule has 2 rings (SSSR count). The van der Waals surface area contributed by atoms with E-state index in [9.17, 15) is 5.11 Å². The second kappa shape index (κ2) is 5.03. The molecular weight excluding hydrogens is 212 g/mol. The van der Waals surface area contributed by atoms with Gasteiger partial charge in [-0.15, -0.1) is 0 Å². The van der Waals surface area contributed by atoms with Gasteiger partial charge in [-0.25, -0.2) is 0 Å². The van der Waals surface area contributed by atoms with Crippen molar-refractivity contribution < 1.29 is 5.11 Å². The van der Waals surface area contributed by atoms with Gasteiger partial charge in [0.15, 0.2) is 0 Å². The first kappa shape index (κ1) is 11.7. The lowest BCUT2D eigenvalue weighted by Gasteiger charge is -2.08. The Hall–Kier alpha value is -1.79. The van der Waals surface area contributed by atoms with Gasteiger partial charge in [-0.1, -0.05) is 19.8 Å². The van der Waals surface area contributed by atoms with E-state index in [1.54, 1.807) is 6.07 Å². The summed E-state index contributed by atoms with van der Waals surface area (Å²) in [5, 5.41) is 19.9. The molecule has 88 valence electrons. The molecule has 3 nitrogen and oxygen atoms in total. The first-order chi connectivity index (χ1) is 8.26. The highest BCUT2D eigenvalue weighted by molar-refractivity contribution is 5.84. The van der Waals surface area contributed by atoms with Crippen LogP contribution in [0.3, 0.4) is 0 Å². The Morgan fingerprint density at radius 1 is 1.47 bits per heavy atom. The monoisotopic (exact) mass is 228 g/mol. The molecule has 2 N–H and O–H groups in total. The minimum atomic E-state index is -0.447. The van der Waals surface area contributed by atoms with E-state index in [4.69, 9.17) is 5.26 Å². The molecule has 0 fully saturated rings. The third kappa shape index (κ3) is 2.32. The topological polar surface area (TPSA) is 59.8 Å². The van der Waals surface area contributed by atoms with E-state index < -0.39 is 6.10 Å². The van der Waals surface area contributed by atoms with Crippen molar-refractivity contribution in [3.05, 3.63) is 35.5 Å². The molecule has 1 heterocycles. The summed E-state index contributed by atoms with van der Waals surface area (Å²) in [7, 11) is 0. The normalized spacial score (nSPS) is 12.5. The van der Waals surface area contributed by atoms with E-state index in [0.29, 0.717) is 5.56 Å². The van der Waals surface area contributed by atoms with Crippen LogP contribution in [-0.2, 0) is 0 Å². The van der Waals surface area contributed by atoms with Crippen LogP contribution in [0.25, 0.3) is 10.9 Å². The SMILES string of the molecule is CCCCC(O)c1c[nH]c2ccc(C#N)cc12. The van der Waals surface area contributed by atoms with E-state index in [1.165, 1.54) is 0 Å². The minimum absolute atomic E-state index is 0.447. The summed E-state index contributed by atoms with van der Waals surface area (Å²) in [6, 6.07) is 7.61. The number of aromatic amines is 1. The van der Waals surface area contributed by atoms with Crippen molar-refractivity contribution in [1.29, 1.82) is 5.26 Å². The number of aromatic nitrogens is 1. The van der Waals surface area contributed by atoms with Gasteiger partial charge in [-0.3, -0.25) is 0 Å². The highest BCUT2D eigenvalue weighted by Crippen LogP contribution is 2.27.